The molecular formula is H9Ca2NaO4Si. The van der Waals surface area contributed by atoms with E-state index >= 15 is 0 Å². The molecule has 4 N–H and O–H groups in total. The van der Waals surface area contributed by atoms with Gasteiger partial charge in [-0.15, -0.1) is 0 Å². The second-order valence-electron chi connectivity index (χ2n) is 0.600. The smallest absolute Gasteiger partial charge is 1.00 e. The van der Waals surface area contributed by atoms with E-state index in [9.17, 15) is 0 Å². The maximum Gasteiger partial charge on any atom is 2.00 e. The molecule has 0 fully saturated rings. The summed E-state index contributed by atoms with van der Waals surface area (Å²) in [6.45, 7) is 0. The van der Waals surface area contributed by atoms with Gasteiger partial charge in [0.25, 0.3) is 0 Å². The van der Waals surface area contributed by atoms with Crippen molar-refractivity contribution in [2.45, 2.75) is 0 Å². The summed E-state index contributed by atoms with van der Waals surface area (Å²) in [6.07, 6.45) is 0. The third kappa shape index (κ3) is 55.1. The van der Waals surface area contributed by atoms with E-state index in [0.29, 0.717) is 0 Å². The fourth-order valence-electron chi connectivity index (χ4n) is 0. The van der Waals surface area contributed by atoms with Crippen LogP contribution in [0.4, 0.5) is 0 Å². The molecule has 0 saturated carbocycles. The van der Waals surface area contributed by atoms with Crippen LogP contribution < -0.4 is 29.6 Å². The quantitative estimate of drug-likeness (QED) is 0.296. The molecule has 0 radical (unpaired) electrons. The van der Waals surface area contributed by atoms with Gasteiger partial charge in [0.1, 0.15) is 0 Å². The van der Waals surface area contributed by atoms with E-state index in [2.05, 4.69) is 0 Å². The van der Waals surface area contributed by atoms with Gasteiger partial charge in [-0.2, -0.15) is 0 Å². The molecule has 0 atom stereocenters. The van der Waals surface area contributed by atoms with Crippen LogP contribution in [0.5, 0.6) is 0 Å². The summed E-state index contributed by atoms with van der Waals surface area (Å²) in [5.41, 5.74) is 0. The molecule has 0 aliphatic heterocycles. The number of rotatable bonds is 0. The third-order valence-corrected chi connectivity index (χ3v) is 0. The van der Waals surface area contributed by atoms with Crippen LogP contribution in [0.2, 0.25) is 0 Å². The van der Waals surface area contributed by atoms with Crippen molar-refractivity contribution in [3.63, 3.8) is 0 Å². The Balaban J connectivity index is -0.00000000286. The minimum atomic E-state index is -4.61. The molecule has 8 heavy (non-hydrogen) atoms. The van der Waals surface area contributed by atoms with Crippen molar-refractivity contribution in [1.29, 1.82) is 0 Å². The van der Waals surface area contributed by atoms with Crippen LogP contribution in [-0.2, 0) is 0 Å². The largest absolute Gasteiger partial charge is 2.00 e. The molecule has 8 heteroatoms. The zero-order valence-electron chi connectivity index (χ0n) is 9.70. The van der Waals surface area contributed by atoms with E-state index in [4.69, 9.17) is 19.2 Å². The summed E-state index contributed by atoms with van der Waals surface area (Å²) in [6, 6.07) is 0. The number of hydrogen-bond acceptors (Lipinski definition) is 4. The van der Waals surface area contributed by atoms with E-state index in [1.165, 1.54) is 0 Å². The molecule has 0 bridgehead atoms. The standard InChI is InChI=1S/2Ca.Na.H4O4Si.5H/c;;;1-5(2,3)4;;;;;/h;;;1-4H;;;;;/q2*+2;+1;;5*-1. The molecule has 0 aromatic heterocycles. The minimum Gasteiger partial charge on any atom is -1.00 e. The molecule has 0 aromatic carbocycles. The van der Waals surface area contributed by atoms with Crippen LogP contribution in [0.3, 0.4) is 0 Å². The normalized spacial score (nSPS) is 7.50. The van der Waals surface area contributed by atoms with Crippen molar-refractivity contribution in [2.24, 2.45) is 0 Å². The van der Waals surface area contributed by atoms with Gasteiger partial charge in [0, 0.05) is 0 Å². The van der Waals surface area contributed by atoms with Crippen LogP contribution in [0.1, 0.15) is 7.13 Å². The van der Waals surface area contributed by atoms with Crippen LogP contribution in [0.15, 0.2) is 0 Å². The van der Waals surface area contributed by atoms with Crippen LogP contribution >= 0.6 is 0 Å². The van der Waals surface area contributed by atoms with Crippen molar-refractivity contribution in [3.8, 4) is 0 Å². The van der Waals surface area contributed by atoms with Gasteiger partial charge in [-0.05, 0) is 0 Å². The van der Waals surface area contributed by atoms with Gasteiger partial charge in [0.2, 0.25) is 0 Å². The SMILES string of the molecule is O[Si](O)(O)O.[Ca+2].[Ca+2].[H-].[H-].[H-].[H-].[H-].[Na+]. The summed E-state index contributed by atoms with van der Waals surface area (Å²) < 4.78 is 0. The van der Waals surface area contributed by atoms with E-state index in [0.717, 1.165) is 0 Å². The van der Waals surface area contributed by atoms with Crippen molar-refractivity contribution in [3.05, 3.63) is 0 Å². The zero-order valence-corrected chi connectivity index (χ0v) is 12.1. The predicted octanol–water partition coefficient (Wildman–Crippen LogP) is -5.80. The van der Waals surface area contributed by atoms with Crippen LogP contribution in [0.25, 0.3) is 0 Å². The van der Waals surface area contributed by atoms with Gasteiger partial charge in [0.15, 0.2) is 0 Å². The fourth-order valence-corrected chi connectivity index (χ4v) is 0. The Morgan fingerprint density at radius 1 is 0.875 bits per heavy atom. The second kappa shape index (κ2) is 10.6. The van der Waals surface area contributed by atoms with Gasteiger partial charge >= 0.3 is 114 Å². The zero-order chi connectivity index (χ0) is 4.50. The molecular weight excluding hydrogens is 195 g/mol. The second-order valence-corrected chi connectivity index (χ2v) is 1.80. The molecule has 0 rings (SSSR count). The van der Waals surface area contributed by atoms with E-state index in [1.54, 1.807) is 0 Å². The molecule has 0 heterocycles. The van der Waals surface area contributed by atoms with Gasteiger partial charge in [0.05, 0.1) is 0 Å². The summed E-state index contributed by atoms with van der Waals surface area (Å²) in [7, 11) is -4.61. The average Bonchev–Trinajstić information content (AvgIpc) is 0.722. The summed E-state index contributed by atoms with van der Waals surface area (Å²) >= 11 is 0. The Bertz CT molecular complexity index is 42.0. The summed E-state index contributed by atoms with van der Waals surface area (Å²) in [4.78, 5) is 29.3. The molecule has 0 aromatic rings. The Kier molecular flexibility index (Phi) is 29.8. The molecule has 0 amide bonds. The first-order valence-corrected chi connectivity index (χ1v) is 2.68. The topological polar surface area (TPSA) is 80.9 Å². The Morgan fingerprint density at radius 2 is 0.875 bits per heavy atom. The maximum atomic E-state index is 7.33. The third-order valence-electron chi connectivity index (χ3n) is 0. The molecule has 0 aliphatic rings. The molecule has 0 unspecified atom stereocenters. The first-order valence-electron chi connectivity index (χ1n) is 0.894. The number of hydrogen-bond donors (Lipinski definition) is 4. The Hall–Kier alpha value is 3.58. The van der Waals surface area contributed by atoms with Gasteiger partial charge < -0.3 is 26.3 Å². The van der Waals surface area contributed by atoms with Crippen molar-refractivity contribution in [2.75, 3.05) is 0 Å². The summed E-state index contributed by atoms with van der Waals surface area (Å²) in [5.74, 6) is 0. The molecule has 4 nitrogen and oxygen atoms in total. The molecule has 0 spiro atoms. The first kappa shape index (κ1) is 22.6. The minimum absolute atomic E-state index is 0. The Morgan fingerprint density at radius 3 is 0.875 bits per heavy atom. The molecule has 0 aliphatic carbocycles. The average molecular weight is 204 g/mol. The maximum absolute atomic E-state index is 7.33. The van der Waals surface area contributed by atoms with Crippen molar-refractivity contribution < 1.29 is 55.9 Å². The van der Waals surface area contributed by atoms with Gasteiger partial charge in [-0.25, -0.2) is 0 Å². The fraction of sp³-hybridized carbons (Fsp3) is 0. The monoisotopic (exact) mass is 204 g/mol. The van der Waals surface area contributed by atoms with Gasteiger partial charge in [-0.1, -0.05) is 0 Å². The molecule has 0 saturated heterocycles. The van der Waals surface area contributed by atoms with E-state index in [1.807, 2.05) is 0 Å². The van der Waals surface area contributed by atoms with Crippen molar-refractivity contribution >= 4 is 84.5 Å². The van der Waals surface area contributed by atoms with Crippen molar-refractivity contribution in [1.82, 2.24) is 0 Å². The van der Waals surface area contributed by atoms with Crippen LogP contribution in [0, 0.1) is 0 Å². The molecule has 42 valence electrons. The first-order chi connectivity index (χ1) is 2.00. The predicted molar refractivity (Wildman–Crippen MR) is 31.7 cm³/mol. The van der Waals surface area contributed by atoms with Gasteiger partial charge in [-0.3, -0.25) is 0 Å². The Labute approximate surface area is 137 Å². The summed E-state index contributed by atoms with van der Waals surface area (Å²) in [5, 5.41) is 0. The van der Waals surface area contributed by atoms with E-state index < -0.39 is 9.05 Å². The van der Waals surface area contributed by atoms with E-state index in [-0.39, 0.29) is 112 Å². The van der Waals surface area contributed by atoms with Crippen LogP contribution in [-0.4, -0.2) is 104 Å².